The first-order chi connectivity index (χ1) is 16.3. The summed E-state index contributed by atoms with van der Waals surface area (Å²) in [6, 6.07) is 15.6. The Balaban J connectivity index is 1.68. The molecular formula is C25H25BrN2O6. The van der Waals surface area contributed by atoms with Crippen molar-refractivity contribution in [2.24, 2.45) is 0 Å². The lowest BCUT2D eigenvalue weighted by Gasteiger charge is -2.16. The third-order valence-electron chi connectivity index (χ3n) is 4.94. The number of ether oxygens (including phenoxy) is 3. The zero-order valence-corrected chi connectivity index (χ0v) is 20.6. The lowest BCUT2D eigenvalue weighted by molar-refractivity contribution is -0.118. The van der Waals surface area contributed by atoms with Gasteiger partial charge in [0, 0.05) is 16.7 Å². The molecule has 0 aliphatic heterocycles. The molecular weight excluding hydrogens is 504 g/mol. The van der Waals surface area contributed by atoms with Gasteiger partial charge in [0.05, 0.1) is 25.5 Å². The van der Waals surface area contributed by atoms with E-state index < -0.39 is 5.97 Å². The number of rotatable bonds is 10. The first-order valence-corrected chi connectivity index (χ1v) is 11.1. The number of aryl methyl sites for hydroxylation is 1. The Bertz CT molecular complexity index is 1180. The minimum absolute atomic E-state index is 0.146. The van der Waals surface area contributed by atoms with Crippen LogP contribution in [0.15, 0.2) is 59.1 Å². The van der Waals surface area contributed by atoms with E-state index in [0.29, 0.717) is 35.2 Å². The molecule has 0 aliphatic rings. The number of carboxylic acid groups (broad SMARTS) is 1. The van der Waals surface area contributed by atoms with E-state index in [4.69, 9.17) is 14.2 Å². The van der Waals surface area contributed by atoms with Crippen molar-refractivity contribution >= 4 is 39.2 Å². The van der Waals surface area contributed by atoms with Crippen molar-refractivity contribution in [3.05, 3.63) is 75.8 Å². The number of hydrogen-bond acceptors (Lipinski definition) is 6. The van der Waals surface area contributed by atoms with E-state index in [1.54, 1.807) is 18.2 Å². The van der Waals surface area contributed by atoms with Gasteiger partial charge in [-0.1, -0.05) is 33.6 Å². The van der Waals surface area contributed by atoms with Crippen LogP contribution in [0.1, 0.15) is 21.5 Å². The summed E-state index contributed by atoms with van der Waals surface area (Å²) in [4.78, 5) is 23.6. The molecule has 9 heteroatoms. The Morgan fingerprint density at radius 2 is 1.65 bits per heavy atom. The zero-order chi connectivity index (χ0) is 24.7. The van der Waals surface area contributed by atoms with Gasteiger partial charge in [0.25, 0.3) is 5.91 Å². The molecule has 8 nitrogen and oxygen atoms in total. The molecule has 0 unspecified atom stereocenters. The van der Waals surface area contributed by atoms with Crippen LogP contribution >= 0.6 is 15.9 Å². The van der Waals surface area contributed by atoms with Crippen molar-refractivity contribution < 1.29 is 28.9 Å². The summed E-state index contributed by atoms with van der Waals surface area (Å²) < 4.78 is 17.2. The fourth-order valence-electron chi connectivity index (χ4n) is 3.13. The normalized spacial score (nSPS) is 10.4. The van der Waals surface area contributed by atoms with Crippen LogP contribution in [0.5, 0.6) is 17.2 Å². The molecule has 0 radical (unpaired) electrons. The average Bonchev–Trinajstić information content (AvgIpc) is 2.83. The summed E-state index contributed by atoms with van der Waals surface area (Å²) >= 11 is 3.52. The van der Waals surface area contributed by atoms with Gasteiger partial charge in [-0.15, -0.1) is 0 Å². The number of halogens is 1. The number of benzene rings is 3. The predicted octanol–water partition coefficient (Wildman–Crippen LogP) is 5.10. The van der Waals surface area contributed by atoms with Crippen LogP contribution in [0, 0.1) is 6.92 Å². The molecule has 0 spiro atoms. The monoisotopic (exact) mass is 528 g/mol. The van der Waals surface area contributed by atoms with E-state index in [-0.39, 0.29) is 18.1 Å². The number of carbonyl (C=O) groups excluding carboxylic acids is 1. The van der Waals surface area contributed by atoms with E-state index in [1.165, 1.54) is 26.4 Å². The molecule has 0 aliphatic carbocycles. The lowest BCUT2D eigenvalue weighted by Crippen LogP contribution is -2.20. The van der Waals surface area contributed by atoms with E-state index in [0.717, 1.165) is 15.6 Å². The number of anilines is 2. The number of carbonyl (C=O) groups is 2. The van der Waals surface area contributed by atoms with Gasteiger partial charge in [-0.3, -0.25) is 4.79 Å². The average molecular weight is 529 g/mol. The van der Waals surface area contributed by atoms with E-state index in [9.17, 15) is 14.7 Å². The maximum Gasteiger partial charge on any atom is 0.335 e. The SMILES string of the molecule is COc1ccc(C(=O)O)cc1NCc1cc(OC)c(OCC(=O)Nc2ccc(C)cc2)cc1Br. The minimum Gasteiger partial charge on any atom is -0.495 e. The molecule has 0 saturated carbocycles. The van der Waals surface area contributed by atoms with Gasteiger partial charge in [-0.25, -0.2) is 4.79 Å². The van der Waals surface area contributed by atoms with E-state index in [2.05, 4.69) is 26.6 Å². The van der Waals surface area contributed by atoms with Crippen molar-refractivity contribution in [1.82, 2.24) is 0 Å². The van der Waals surface area contributed by atoms with Crippen molar-refractivity contribution in [3.8, 4) is 17.2 Å². The molecule has 3 aromatic carbocycles. The molecule has 0 aromatic heterocycles. The van der Waals surface area contributed by atoms with Crippen molar-refractivity contribution in [3.63, 3.8) is 0 Å². The van der Waals surface area contributed by atoms with E-state index in [1.807, 2.05) is 31.2 Å². The van der Waals surface area contributed by atoms with Crippen molar-refractivity contribution in [2.75, 3.05) is 31.5 Å². The predicted molar refractivity (Wildman–Crippen MR) is 133 cm³/mol. The number of amides is 1. The second-order valence-corrected chi connectivity index (χ2v) is 8.23. The number of nitrogens with one attached hydrogen (secondary N) is 2. The fourth-order valence-corrected chi connectivity index (χ4v) is 3.59. The molecule has 0 fully saturated rings. The van der Waals surface area contributed by atoms with E-state index >= 15 is 0 Å². The third kappa shape index (κ3) is 6.41. The maximum atomic E-state index is 12.3. The van der Waals surface area contributed by atoms with Crippen LogP contribution in [0.4, 0.5) is 11.4 Å². The smallest absolute Gasteiger partial charge is 0.335 e. The second-order valence-electron chi connectivity index (χ2n) is 7.37. The van der Waals surface area contributed by atoms with Crippen LogP contribution in [-0.2, 0) is 11.3 Å². The van der Waals surface area contributed by atoms with Crippen LogP contribution < -0.4 is 24.8 Å². The summed E-state index contributed by atoms with van der Waals surface area (Å²) in [7, 11) is 3.03. The lowest BCUT2D eigenvalue weighted by atomic mass is 10.1. The fraction of sp³-hybridized carbons (Fsp3) is 0.200. The van der Waals surface area contributed by atoms with Crippen LogP contribution in [0.25, 0.3) is 0 Å². The highest BCUT2D eigenvalue weighted by Crippen LogP contribution is 2.35. The number of hydrogen-bond donors (Lipinski definition) is 3. The van der Waals surface area contributed by atoms with Crippen LogP contribution in [-0.4, -0.2) is 37.8 Å². The molecule has 0 heterocycles. The first-order valence-electron chi connectivity index (χ1n) is 10.3. The van der Waals surface area contributed by atoms with Gasteiger partial charge in [0.15, 0.2) is 18.1 Å². The highest BCUT2D eigenvalue weighted by molar-refractivity contribution is 9.10. The quantitative estimate of drug-likeness (QED) is 0.336. The van der Waals surface area contributed by atoms with Crippen LogP contribution in [0.2, 0.25) is 0 Å². The zero-order valence-electron chi connectivity index (χ0n) is 19.0. The molecule has 0 atom stereocenters. The minimum atomic E-state index is -1.03. The third-order valence-corrected chi connectivity index (χ3v) is 5.68. The Morgan fingerprint density at radius 3 is 2.29 bits per heavy atom. The molecule has 0 saturated heterocycles. The molecule has 3 N–H and O–H groups in total. The highest BCUT2D eigenvalue weighted by Gasteiger charge is 2.14. The Labute approximate surface area is 206 Å². The standard InChI is InChI=1S/C25H25BrN2O6/c1-15-4-7-18(8-5-15)28-24(29)14-34-23-12-19(26)17(11-22(23)33-3)13-27-20-10-16(25(30)31)6-9-21(20)32-2/h4-12,27H,13-14H2,1-3H3,(H,28,29)(H,30,31). The summed E-state index contributed by atoms with van der Waals surface area (Å²) in [6.07, 6.45) is 0. The van der Waals surface area contributed by atoms with Crippen molar-refractivity contribution in [1.29, 1.82) is 0 Å². The summed E-state index contributed by atoms with van der Waals surface area (Å²) in [5, 5.41) is 15.2. The molecule has 3 aromatic rings. The van der Waals surface area contributed by atoms with Crippen molar-refractivity contribution in [2.45, 2.75) is 13.5 Å². The second kappa shape index (κ2) is 11.4. The Morgan fingerprint density at radius 1 is 0.941 bits per heavy atom. The number of methoxy groups -OCH3 is 2. The Hall–Kier alpha value is -3.72. The molecule has 0 bridgehead atoms. The van der Waals surface area contributed by atoms with Gasteiger partial charge in [-0.05, 0) is 55.0 Å². The molecule has 3 rings (SSSR count). The van der Waals surface area contributed by atoms with Gasteiger partial charge in [-0.2, -0.15) is 0 Å². The summed E-state index contributed by atoms with van der Waals surface area (Å²) in [5.74, 6) is 0.0595. The Kier molecular flexibility index (Phi) is 8.37. The summed E-state index contributed by atoms with van der Waals surface area (Å²) in [6.45, 7) is 2.14. The van der Waals surface area contributed by atoms with Gasteiger partial charge in [0.2, 0.25) is 0 Å². The van der Waals surface area contributed by atoms with Crippen LogP contribution in [0.3, 0.4) is 0 Å². The van der Waals surface area contributed by atoms with Gasteiger partial charge >= 0.3 is 5.97 Å². The molecule has 1 amide bonds. The largest absolute Gasteiger partial charge is 0.495 e. The topological polar surface area (TPSA) is 106 Å². The van der Waals surface area contributed by atoms with Gasteiger partial charge in [0.1, 0.15) is 5.75 Å². The van der Waals surface area contributed by atoms with Gasteiger partial charge < -0.3 is 30.0 Å². The molecule has 178 valence electrons. The summed E-state index contributed by atoms with van der Waals surface area (Å²) in [5.41, 5.74) is 3.31. The maximum absolute atomic E-state index is 12.3. The molecule has 34 heavy (non-hydrogen) atoms. The highest BCUT2D eigenvalue weighted by atomic mass is 79.9. The first kappa shape index (κ1) is 24.9. The number of aromatic carboxylic acids is 1. The number of carboxylic acids is 1.